The van der Waals surface area contributed by atoms with Crippen LogP contribution in [0.3, 0.4) is 0 Å². The van der Waals surface area contributed by atoms with Crippen molar-refractivity contribution in [3.05, 3.63) is 60.2 Å². The lowest BCUT2D eigenvalue weighted by molar-refractivity contribution is -0.117. The van der Waals surface area contributed by atoms with E-state index in [4.69, 9.17) is 0 Å². The maximum absolute atomic E-state index is 12.6. The first-order valence-electron chi connectivity index (χ1n) is 8.59. The van der Waals surface area contributed by atoms with Crippen LogP contribution in [0.5, 0.6) is 0 Å². The third kappa shape index (κ3) is 4.14. The molecular formula is C20H22N4OS. The van der Waals surface area contributed by atoms with Crippen molar-refractivity contribution in [1.29, 1.82) is 0 Å². The number of rotatable bonds is 6. The van der Waals surface area contributed by atoms with Gasteiger partial charge in [-0.2, -0.15) is 0 Å². The van der Waals surface area contributed by atoms with Crippen molar-refractivity contribution in [3.63, 3.8) is 0 Å². The van der Waals surface area contributed by atoms with Gasteiger partial charge in [0.05, 0.1) is 5.25 Å². The molecule has 0 aliphatic heterocycles. The molecule has 0 aliphatic rings. The van der Waals surface area contributed by atoms with Crippen LogP contribution >= 0.6 is 11.8 Å². The first kappa shape index (κ1) is 18.2. The highest BCUT2D eigenvalue weighted by Crippen LogP contribution is 2.25. The summed E-state index contributed by atoms with van der Waals surface area (Å²) in [4.78, 5) is 18.8. The van der Waals surface area contributed by atoms with Gasteiger partial charge >= 0.3 is 0 Å². The van der Waals surface area contributed by atoms with Crippen molar-refractivity contribution in [2.45, 2.75) is 30.7 Å². The van der Waals surface area contributed by atoms with Gasteiger partial charge in [-0.25, -0.2) is 4.98 Å². The number of H-pyrrole nitrogens is 1. The predicted octanol–water partition coefficient (Wildman–Crippen LogP) is 4.18. The Morgan fingerprint density at radius 2 is 1.85 bits per heavy atom. The van der Waals surface area contributed by atoms with Crippen LogP contribution < -0.4 is 4.90 Å². The van der Waals surface area contributed by atoms with Crippen LogP contribution in [0.1, 0.15) is 19.4 Å². The fraction of sp³-hybridized carbons (Fsp3) is 0.250. The van der Waals surface area contributed by atoms with E-state index < -0.39 is 0 Å². The molecule has 3 aromatic rings. The molecule has 6 heteroatoms. The molecule has 1 heterocycles. The second-order valence-electron chi connectivity index (χ2n) is 6.01. The molecule has 0 radical (unpaired) electrons. The van der Waals surface area contributed by atoms with E-state index in [-0.39, 0.29) is 11.2 Å². The lowest BCUT2D eigenvalue weighted by Gasteiger charge is -2.20. The summed E-state index contributed by atoms with van der Waals surface area (Å²) in [6.07, 6.45) is 1.01. The van der Waals surface area contributed by atoms with E-state index in [0.717, 1.165) is 17.7 Å². The minimum atomic E-state index is -0.286. The summed E-state index contributed by atoms with van der Waals surface area (Å²) >= 11 is 1.35. The SMILES string of the molecule is CCc1ccc(-c2nc(S[C@H](C)C(=O)N(C)c3ccccc3)n[nH]2)cc1. The van der Waals surface area contributed by atoms with E-state index in [1.807, 2.05) is 49.4 Å². The number of hydrogen-bond acceptors (Lipinski definition) is 4. The highest BCUT2D eigenvalue weighted by atomic mass is 32.2. The average Bonchev–Trinajstić information content (AvgIpc) is 3.16. The zero-order valence-corrected chi connectivity index (χ0v) is 16.0. The monoisotopic (exact) mass is 366 g/mol. The minimum absolute atomic E-state index is 0.0137. The number of aromatic nitrogens is 3. The lowest BCUT2D eigenvalue weighted by Crippen LogP contribution is -2.33. The Morgan fingerprint density at radius 3 is 2.50 bits per heavy atom. The second kappa shape index (κ2) is 8.19. The quantitative estimate of drug-likeness (QED) is 0.665. The number of nitrogens with one attached hydrogen (secondary N) is 1. The first-order valence-corrected chi connectivity index (χ1v) is 9.47. The van der Waals surface area contributed by atoms with Crippen molar-refractivity contribution >= 4 is 23.4 Å². The second-order valence-corrected chi connectivity index (χ2v) is 7.32. The molecule has 0 saturated heterocycles. The van der Waals surface area contributed by atoms with Gasteiger partial charge in [0.2, 0.25) is 11.1 Å². The van der Waals surface area contributed by atoms with E-state index in [9.17, 15) is 4.79 Å². The van der Waals surface area contributed by atoms with Crippen molar-refractivity contribution in [2.75, 3.05) is 11.9 Å². The van der Waals surface area contributed by atoms with Crippen LogP contribution in [0.15, 0.2) is 59.8 Å². The fourth-order valence-corrected chi connectivity index (χ4v) is 3.40. The van der Waals surface area contributed by atoms with E-state index in [1.165, 1.54) is 17.3 Å². The smallest absolute Gasteiger partial charge is 0.240 e. The number of para-hydroxylation sites is 1. The standard InChI is InChI=1S/C20H22N4OS/c1-4-15-10-12-16(13-11-15)18-21-20(23-22-18)26-14(2)19(25)24(3)17-8-6-5-7-9-17/h5-14H,4H2,1-3H3,(H,21,22,23)/t14-/m1/s1. The Hall–Kier alpha value is -2.60. The number of carbonyl (C=O) groups is 1. The molecule has 0 unspecified atom stereocenters. The van der Waals surface area contributed by atoms with Gasteiger partial charge < -0.3 is 4.90 Å². The van der Waals surface area contributed by atoms with Crippen LogP contribution in [0.4, 0.5) is 5.69 Å². The van der Waals surface area contributed by atoms with Crippen LogP contribution in [0.2, 0.25) is 0 Å². The van der Waals surface area contributed by atoms with E-state index in [1.54, 1.807) is 11.9 Å². The van der Waals surface area contributed by atoms with Gasteiger partial charge in [0.1, 0.15) is 0 Å². The van der Waals surface area contributed by atoms with Gasteiger partial charge in [-0.15, -0.1) is 5.10 Å². The summed E-state index contributed by atoms with van der Waals surface area (Å²) in [5.41, 5.74) is 3.14. The summed E-state index contributed by atoms with van der Waals surface area (Å²) in [5.74, 6) is 0.728. The molecule has 0 fully saturated rings. The maximum Gasteiger partial charge on any atom is 0.240 e. The van der Waals surface area contributed by atoms with Crippen molar-refractivity contribution in [2.24, 2.45) is 0 Å². The summed E-state index contributed by atoms with van der Waals surface area (Å²) in [5, 5.41) is 7.49. The topological polar surface area (TPSA) is 61.9 Å². The molecule has 1 aromatic heterocycles. The molecule has 2 aromatic carbocycles. The molecule has 1 atom stereocenters. The highest BCUT2D eigenvalue weighted by Gasteiger charge is 2.21. The van der Waals surface area contributed by atoms with Crippen LogP contribution in [0, 0.1) is 0 Å². The van der Waals surface area contributed by atoms with Crippen molar-refractivity contribution in [3.8, 4) is 11.4 Å². The molecule has 0 saturated carbocycles. The minimum Gasteiger partial charge on any atom is -0.315 e. The lowest BCUT2D eigenvalue weighted by atomic mass is 10.1. The Kier molecular flexibility index (Phi) is 5.73. The fourth-order valence-electron chi connectivity index (χ4n) is 2.59. The molecule has 0 spiro atoms. The number of hydrogen-bond donors (Lipinski definition) is 1. The van der Waals surface area contributed by atoms with Crippen molar-refractivity contribution < 1.29 is 4.79 Å². The normalized spacial score (nSPS) is 12.0. The third-order valence-electron chi connectivity index (χ3n) is 4.20. The third-order valence-corrected chi connectivity index (χ3v) is 5.15. The van der Waals surface area contributed by atoms with Crippen LogP contribution in [-0.2, 0) is 11.2 Å². The molecule has 0 bridgehead atoms. The number of amides is 1. The van der Waals surface area contributed by atoms with Gasteiger partial charge in [-0.3, -0.25) is 9.89 Å². The molecule has 3 rings (SSSR count). The summed E-state index contributed by atoms with van der Waals surface area (Å²) in [6, 6.07) is 17.8. The largest absolute Gasteiger partial charge is 0.315 e. The van der Waals surface area contributed by atoms with Gasteiger partial charge in [0.15, 0.2) is 5.82 Å². The molecule has 1 N–H and O–H groups in total. The molecular weight excluding hydrogens is 344 g/mol. The van der Waals surface area contributed by atoms with Crippen LogP contribution in [-0.4, -0.2) is 33.4 Å². The van der Waals surface area contributed by atoms with E-state index in [2.05, 4.69) is 34.2 Å². The molecule has 0 aliphatic carbocycles. The highest BCUT2D eigenvalue weighted by molar-refractivity contribution is 8.00. The number of aromatic amines is 1. The van der Waals surface area contributed by atoms with Gasteiger partial charge in [0, 0.05) is 18.3 Å². The Labute approximate surface area is 157 Å². The Bertz CT molecular complexity index is 861. The summed E-state index contributed by atoms with van der Waals surface area (Å²) < 4.78 is 0. The number of nitrogens with zero attached hydrogens (tertiary/aromatic N) is 3. The number of thioether (sulfide) groups is 1. The first-order chi connectivity index (χ1) is 12.6. The maximum atomic E-state index is 12.6. The zero-order chi connectivity index (χ0) is 18.5. The molecule has 5 nitrogen and oxygen atoms in total. The summed E-state index contributed by atoms with van der Waals surface area (Å²) in [6.45, 7) is 4.00. The van der Waals surface area contributed by atoms with Gasteiger partial charge in [0.25, 0.3) is 0 Å². The predicted molar refractivity (Wildman–Crippen MR) is 106 cm³/mol. The molecule has 26 heavy (non-hydrogen) atoms. The van der Waals surface area contributed by atoms with Gasteiger partial charge in [-0.05, 0) is 31.0 Å². The van der Waals surface area contributed by atoms with Crippen molar-refractivity contribution in [1.82, 2.24) is 15.2 Å². The number of aryl methyl sites for hydroxylation is 1. The zero-order valence-electron chi connectivity index (χ0n) is 15.1. The van der Waals surface area contributed by atoms with Gasteiger partial charge in [-0.1, -0.05) is 61.2 Å². The average molecular weight is 366 g/mol. The number of carbonyl (C=O) groups excluding carboxylic acids is 1. The van der Waals surface area contributed by atoms with E-state index >= 15 is 0 Å². The summed E-state index contributed by atoms with van der Waals surface area (Å²) in [7, 11) is 1.79. The molecule has 1 amide bonds. The molecule has 134 valence electrons. The number of anilines is 1. The Balaban J connectivity index is 1.67. The number of benzene rings is 2. The Morgan fingerprint density at radius 1 is 1.15 bits per heavy atom. The van der Waals surface area contributed by atoms with E-state index in [0.29, 0.717) is 11.0 Å². The van der Waals surface area contributed by atoms with Crippen LogP contribution in [0.25, 0.3) is 11.4 Å².